The summed E-state index contributed by atoms with van der Waals surface area (Å²) in [5.41, 5.74) is 0.737. The fourth-order valence-electron chi connectivity index (χ4n) is 0.763. The van der Waals surface area contributed by atoms with Crippen molar-refractivity contribution < 1.29 is 12.8 Å². The van der Waals surface area contributed by atoms with Gasteiger partial charge in [0, 0.05) is 0 Å². The SMILES string of the molecule is Cc1ccc(F)c([SH](=O)=O)c1. The Balaban J connectivity index is 3.35. The lowest BCUT2D eigenvalue weighted by Crippen LogP contribution is -1.87. The summed E-state index contributed by atoms with van der Waals surface area (Å²) < 4.78 is 33.4. The zero-order valence-electron chi connectivity index (χ0n) is 5.87. The molecule has 0 bridgehead atoms. The van der Waals surface area contributed by atoms with Gasteiger partial charge in [-0.05, 0) is 24.6 Å². The Labute approximate surface area is 65.6 Å². The molecular formula is C7H7FO2S. The third kappa shape index (κ3) is 1.77. The van der Waals surface area contributed by atoms with E-state index in [0.29, 0.717) is 0 Å². The molecule has 1 rings (SSSR count). The molecule has 0 saturated carbocycles. The van der Waals surface area contributed by atoms with Crippen molar-refractivity contribution in [2.75, 3.05) is 0 Å². The topological polar surface area (TPSA) is 34.1 Å². The monoisotopic (exact) mass is 174 g/mol. The number of rotatable bonds is 1. The van der Waals surface area contributed by atoms with Crippen LogP contribution in [-0.2, 0) is 10.7 Å². The van der Waals surface area contributed by atoms with Crippen molar-refractivity contribution in [1.29, 1.82) is 0 Å². The molecule has 4 heteroatoms. The van der Waals surface area contributed by atoms with E-state index in [9.17, 15) is 12.8 Å². The lowest BCUT2D eigenvalue weighted by molar-refractivity contribution is 0.578. The second-order valence-electron chi connectivity index (χ2n) is 2.21. The van der Waals surface area contributed by atoms with E-state index in [0.717, 1.165) is 11.6 Å². The van der Waals surface area contributed by atoms with E-state index in [1.807, 2.05) is 0 Å². The van der Waals surface area contributed by atoms with Gasteiger partial charge in [0.2, 0.25) is 0 Å². The minimum atomic E-state index is -2.81. The van der Waals surface area contributed by atoms with Gasteiger partial charge in [-0.3, -0.25) is 0 Å². The van der Waals surface area contributed by atoms with Gasteiger partial charge >= 0.3 is 0 Å². The van der Waals surface area contributed by atoms with Crippen LogP contribution >= 0.6 is 0 Å². The van der Waals surface area contributed by atoms with E-state index in [4.69, 9.17) is 0 Å². The summed E-state index contributed by atoms with van der Waals surface area (Å²) in [4.78, 5) is -0.236. The van der Waals surface area contributed by atoms with Crippen LogP contribution < -0.4 is 0 Å². The zero-order chi connectivity index (χ0) is 8.43. The van der Waals surface area contributed by atoms with E-state index in [-0.39, 0.29) is 4.90 Å². The highest BCUT2D eigenvalue weighted by Crippen LogP contribution is 2.10. The summed E-state index contributed by atoms with van der Waals surface area (Å²) in [6.07, 6.45) is 0. The van der Waals surface area contributed by atoms with Gasteiger partial charge < -0.3 is 0 Å². The van der Waals surface area contributed by atoms with E-state index in [2.05, 4.69) is 0 Å². The van der Waals surface area contributed by atoms with Crippen LogP contribution in [-0.4, -0.2) is 8.42 Å². The summed E-state index contributed by atoms with van der Waals surface area (Å²) in [6, 6.07) is 3.98. The van der Waals surface area contributed by atoms with Gasteiger partial charge in [0.15, 0.2) is 10.7 Å². The summed E-state index contributed by atoms with van der Waals surface area (Å²) >= 11 is 0. The molecule has 60 valence electrons. The molecule has 0 spiro atoms. The van der Waals surface area contributed by atoms with Crippen LogP contribution in [0.5, 0.6) is 0 Å². The molecule has 0 amide bonds. The average molecular weight is 174 g/mol. The van der Waals surface area contributed by atoms with E-state index in [1.165, 1.54) is 12.1 Å². The maximum Gasteiger partial charge on any atom is 0.171 e. The fraction of sp³-hybridized carbons (Fsp3) is 0.143. The summed E-state index contributed by atoms with van der Waals surface area (Å²) in [7, 11) is -2.81. The predicted molar refractivity (Wildman–Crippen MR) is 39.7 cm³/mol. The molecule has 1 aromatic rings. The molecule has 0 aromatic heterocycles. The minimum absolute atomic E-state index is 0.236. The summed E-state index contributed by atoms with van der Waals surface area (Å²) in [5.74, 6) is -0.688. The number of hydrogen-bond donors (Lipinski definition) is 1. The number of thiol groups is 1. The van der Waals surface area contributed by atoms with Gasteiger partial charge in [-0.25, -0.2) is 12.8 Å². The third-order valence-electron chi connectivity index (χ3n) is 1.30. The molecular weight excluding hydrogens is 167 g/mol. The van der Waals surface area contributed by atoms with Gasteiger partial charge in [0.1, 0.15) is 10.7 Å². The van der Waals surface area contributed by atoms with Crippen LogP contribution in [0.25, 0.3) is 0 Å². The number of benzene rings is 1. The van der Waals surface area contributed by atoms with Crippen LogP contribution in [0, 0.1) is 12.7 Å². The van der Waals surface area contributed by atoms with Crippen LogP contribution in [0.4, 0.5) is 4.39 Å². The van der Waals surface area contributed by atoms with Gasteiger partial charge in [-0.2, -0.15) is 0 Å². The van der Waals surface area contributed by atoms with Gasteiger partial charge in [0.25, 0.3) is 0 Å². The molecule has 11 heavy (non-hydrogen) atoms. The van der Waals surface area contributed by atoms with Gasteiger partial charge in [-0.15, -0.1) is 0 Å². The highest BCUT2D eigenvalue weighted by molar-refractivity contribution is 7.72. The molecule has 1 aromatic carbocycles. The molecule has 2 nitrogen and oxygen atoms in total. The molecule has 0 aliphatic heterocycles. The standard InChI is InChI=1S/C7H7FO2S/c1-5-2-3-6(8)7(4-5)11(9)10/h2-4,11H,1H3. The van der Waals surface area contributed by atoms with E-state index in [1.54, 1.807) is 6.92 Å². The molecule has 0 saturated heterocycles. The first-order valence-electron chi connectivity index (χ1n) is 3.02. The first-order valence-corrected chi connectivity index (χ1v) is 4.19. The van der Waals surface area contributed by atoms with Crippen LogP contribution in [0.2, 0.25) is 0 Å². The fourth-order valence-corrected chi connectivity index (χ4v) is 1.32. The molecule has 0 aliphatic rings. The maximum atomic E-state index is 12.6. The second kappa shape index (κ2) is 3.00. The Kier molecular flexibility index (Phi) is 2.24. The zero-order valence-corrected chi connectivity index (χ0v) is 6.77. The quantitative estimate of drug-likeness (QED) is 0.647. The first kappa shape index (κ1) is 8.20. The molecule has 0 heterocycles. The Bertz CT molecular complexity index is 336. The van der Waals surface area contributed by atoms with Crippen molar-refractivity contribution in [1.82, 2.24) is 0 Å². The summed E-state index contributed by atoms with van der Waals surface area (Å²) in [5, 5.41) is 0. The Morgan fingerprint density at radius 1 is 1.36 bits per heavy atom. The molecule has 0 radical (unpaired) electrons. The number of halogens is 1. The lowest BCUT2D eigenvalue weighted by Gasteiger charge is -1.94. The van der Waals surface area contributed by atoms with E-state index >= 15 is 0 Å². The Morgan fingerprint density at radius 3 is 2.45 bits per heavy atom. The molecule has 0 fully saturated rings. The van der Waals surface area contributed by atoms with Crippen LogP contribution in [0.3, 0.4) is 0 Å². The van der Waals surface area contributed by atoms with Crippen molar-refractivity contribution in [3.63, 3.8) is 0 Å². The third-order valence-corrected chi connectivity index (χ3v) is 2.03. The van der Waals surface area contributed by atoms with Crippen molar-refractivity contribution in [2.24, 2.45) is 0 Å². The number of hydrogen-bond acceptors (Lipinski definition) is 2. The first-order chi connectivity index (χ1) is 5.11. The van der Waals surface area contributed by atoms with Crippen molar-refractivity contribution >= 4 is 10.7 Å². The highest BCUT2D eigenvalue weighted by atomic mass is 32.2. The van der Waals surface area contributed by atoms with Crippen molar-refractivity contribution in [3.05, 3.63) is 29.6 Å². The van der Waals surface area contributed by atoms with E-state index < -0.39 is 16.5 Å². The maximum absolute atomic E-state index is 12.6. The molecule has 0 atom stereocenters. The Morgan fingerprint density at radius 2 is 2.00 bits per heavy atom. The second-order valence-corrected chi connectivity index (χ2v) is 3.21. The van der Waals surface area contributed by atoms with Gasteiger partial charge in [0.05, 0.1) is 0 Å². The van der Waals surface area contributed by atoms with Crippen molar-refractivity contribution in [3.8, 4) is 0 Å². The largest absolute Gasteiger partial charge is 0.227 e. The number of aryl methyl sites for hydroxylation is 1. The lowest BCUT2D eigenvalue weighted by atomic mass is 10.2. The summed E-state index contributed by atoms with van der Waals surface area (Å²) in [6.45, 7) is 1.71. The Hall–Kier alpha value is -0.900. The molecule has 0 aliphatic carbocycles. The smallest absolute Gasteiger partial charge is 0.171 e. The predicted octanol–water partition coefficient (Wildman–Crippen LogP) is 1.10. The van der Waals surface area contributed by atoms with Gasteiger partial charge in [-0.1, -0.05) is 6.07 Å². The van der Waals surface area contributed by atoms with Crippen LogP contribution in [0.15, 0.2) is 23.1 Å². The normalized spacial score (nSPS) is 10.5. The molecule has 0 unspecified atom stereocenters. The highest BCUT2D eigenvalue weighted by Gasteiger charge is 2.02. The average Bonchev–Trinajstić information content (AvgIpc) is 1.94. The molecule has 0 N–H and O–H groups in total. The minimum Gasteiger partial charge on any atom is -0.227 e. The van der Waals surface area contributed by atoms with Crippen LogP contribution in [0.1, 0.15) is 5.56 Å². The van der Waals surface area contributed by atoms with Crippen molar-refractivity contribution in [2.45, 2.75) is 11.8 Å².